The van der Waals surface area contributed by atoms with Gasteiger partial charge in [-0.1, -0.05) is 39.2 Å². The van der Waals surface area contributed by atoms with Crippen LogP contribution in [0.3, 0.4) is 0 Å². The van der Waals surface area contributed by atoms with Crippen LogP contribution in [0.25, 0.3) is 0 Å². The summed E-state index contributed by atoms with van der Waals surface area (Å²) in [5.74, 6) is -3.20. The molecular formula is C16H20F6O2S. The lowest BCUT2D eigenvalue weighted by molar-refractivity contribution is -0.140. The largest absolute Gasteiger partial charge is 0.426 e. The Kier molecular flexibility index (Phi) is 4.87. The molecule has 0 N–H and O–H groups in total. The average molecular weight is 390 g/mol. The molecule has 1 aromatic rings. The lowest BCUT2D eigenvalue weighted by atomic mass is 9.80. The summed E-state index contributed by atoms with van der Waals surface area (Å²) < 4.78 is 81.6. The second-order valence-electron chi connectivity index (χ2n) is 6.49. The first kappa shape index (κ1) is 19.9. The Labute approximate surface area is 142 Å². The van der Waals surface area contributed by atoms with Crippen LogP contribution in [-0.4, -0.2) is 5.97 Å². The summed E-state index contributed by atoms with van der Waals surface area (Å²) >= 11 is 0. The fraction of sp³-hybridized carbons (Fsp3) is 0.562. The van der Waals surface area contributed by atoms with E-state index in [1.54, 1.807) is 0 Å². The second-order valence-corrected chi connectivity index (χ2v) is 8.87. The van der Waals surface area contributed by atoms with Gasteiger partial charge in [0.1, 0.15) is 16.5 Å². The zero-order valence-electron chi connectivity index (χ0n) is 13.6. The van der Waals surface area contributed by atoms with Gasteiger partial charge in [0.15, 0.2) is 0 Å². The van der Waals surface area contributed by atoms with Crippen molar-refractivity contribution in [2.24, 2.45) is 11.8 Å². The number of hydrogen-bond donors (Lipinski definition) is 0. The van der Waals surface area contributed by atoms with Crippen molar-refractivity contribution in [1.29, 1.82) is 0 Å². The molecule has 0 spiro atoms. The molecule has 1 aliphatic carbocycles. The first-order valence-corrected chi connectivity index (χ1v) is 10.0. The van der Waals surface area contributed by atoms with Gasteiger partial charge < -0.3 is 4.74 Å². The second kappa shape index (κ2) is 6.10. The van der Waals surface area contributed by atoms with Gasteiger partial charge in [-0.2, -0.15) is 0 Å². The minimum atomic E-state index is -10.1. The summed E-state index contributed by atoms with van der Waals surface area (Å²) in [5, 5.41) is 0. The highest BCUT2D eigenvalue weighted by Gasteiger charge is 2.67. The molecular weight excluding hydrogens is 370 g/mol. The van der Waals surface area contributed by atoms with Crippen LogP contribution in [0.15, 0.2) is 23.1 Å². The van der Waals surface area contributed by atoms with Crippen molar-refractivity contribution in [2.45, 2.75) is 50.3 Å². The molecule has 0 saturated heterocycles. The maximum Gasteiger partial charge on any atom is 0.314 e. The Morgan fingerprint density at radius 3 is 2.20 bits per heavy atom. The molecule has 1 fully saturated rings. The summed E-state index contributed by atoms with van der Waals surface area (Å²) in [7, 11) is -10.1. The van der Waals surface area contributed by atoms with E-state index in [1.807, 2.05) is 0 Å². The van der Waals surface area contributed by atoms with Crippen LogP contribution in [-0.2, 0) is 4.79 Å². The molecule has 0 radical (unpaired) electrons. The minimum Gasteiger partial charge on any atom is -0.426 e. The monoisotopic (exact) mass is 390 g/mol. The Balaban J connectivity index is 2.05. The van der Waals surface area contributed by atoms with Gasteiger partial charge in [-0.05, 0) is 43.7 Å². The Morgan fingerprint density at radius 2 is 1.72 bits per heavy atom. The maximum absolute atomic E-state index is 13.5. The molecule has 0 unspecified atom stereocenters. The highest BCUT2D eigenvalue weighted by molar-refractivity contribution is 8.45. The SMILES string of the molecule is CCCC1CCC(C(=O)Oc2ccc(S(F)(F)(F)(F)F)c(F)c2)CC1. The standard InChI is InChI=1S/C16H20F6O2S/c1-2-3-11-4-6-12(7-5-11)16(23)24-13-8-9-15(14(17)10-13)25(18,19,20,21)22/h8-12H,2-7H2,1H3. The van der Waals surface area contributed by atoms with Crippen molar-refractivity contribution in [2.75, 3.05) is 0 Å². The van der Waals surface area contributed by atoms with E-state index in [0.29, 0.717) is 24.8 Å². The van der Waals surface area contributed by atoms with E-state index < -0.39 is 38.6 Å². The Bertz CT molecular complexity index is 650. The Hall–Kier alpha value is -1.38. The average Bonchev–Trinajstić information content (AvgIpc) is 2.45. The van der Waals surface area contributed by atoms with Gasteiger partial charge in [0.2, 0.25) is 0 Å². The smallest absolute Gasteiger partial charge is 0.314 e. The van der Waals surface area contributed by atoms with E-state index in [0.717, 1.165) is 25.7 Å². The van der Waals surface area contributed by atoms with Crippen molar-refractivity contribution < 1.29 is 33.4 Å². The molecule has 0 aromatic heterocycles. The predicted octanol–water partition coefficient (Wildman–Crippen LogP) is 7.00. The maximum atomic E-state index is 13.5. The van der Waals surface area contributed by atoms with E-state index in [1.165, 1.54) is 0 Å². The molecule has 0 bridgehead atoms. The van der Waals surface area contributed by atoms with E-state index in [4.69, 9.17) is 4.74 Å². The van der Waals surface area contributed by atoms with Crippen LogP contribution >= 0.6 is 10.2 Å². The summed E-state index contributed by atoms with van der Waals surface area (Å²) in [6.45, 7) is 2.07. The van der Waals surface area contributed by atoms with E-state index in [-0.39, 0.29) is 12.1 Å². The number of carbonyl (C=O) groups excluding carboxylic acids is 1. The number of esters is 1. The molecule has 1 aliphatic rings. The molecule has 25 heavy (non-hydrogen) atoms. The van der Waals surface area contributed by atoms with Gasteiger partial charge in [-0.15, -0.1) is 0 Å². The van der Waals surface area contributed by atoms with Crippen molar-refractivity contribution in [3.63, 3.8) is 0 Å². The van der Waals surface area contributed by atoms with Crippen LogP contribution in [0.4, 0.5) is 23.8 Å². The molecule has 0 heterocycles. The predicted molar refractivity (Wildman–Crippen MR) is 83.8 cm³/mol. The third-order valence-corrected chi connectivity index (χ3v) is 5.58. The highest BCUT2D eigenvalue weighted by atomic mass is 32.5. The Morgan fingerprint density at radius 1 is 1.12 bits per heavy atom. The summed E-state index contributed by atoms with van der Waals surface area (Å²) in [6, 6.07) is 0.627. The van der Waals surface area contributed by atoms with Gasteiger partial charge in [-0.3, -0.25) is 4.79 Å². The van der Waals surface area contributed by atoms with Crippen LogP contribution < -0.4 is 4.74 Å². The number of carbonyl (C=O) groups is 1. The van der Waals surface area contributed by atoms with E-state index in [9.17, 15) is 28.6 Å². The fourth-order valence-electron chi connectivity index (χ4n) is 3.15. The van der Waals surface area contributed by atoms with Gasteiger partial charge >= 0.3 is 16.2 Å². The highest BCUT2D eigenvalue weighted by Crippen LogP contribution is 3.02. The van der Waals surface area contributed by atoms with Crippen LogP contribution in [0, 0.1) is 17.7 Å². The van der Waals surface area contributed by atoms with E-state index >= 15 is 0 Å². The number of hydrogen-bond acceptors (Lipinski definition) is 2. The fourth-order valence-corrected chi connectivity index (χ4v) is 3.91. The molecule has 2 nitrogen and oxygen atoms in total. The lowest BCUT2D eigenvalue weighted by Crippen LogP contribution is -2.25. The van der Waals surface area contributed by atoms with Gasteiger partial charge in [0.05, 0.1) is 5.92 Å². The third kappa shape index (κ3) is 5.29. The lowest BCUT2D eigenvalue weighted by Gasteiger charge is -2.40. The molecule has 2 rings (SSSR count). The van der Waals surface area contributed by atoms with Crippen LogP contribution in [0.2, 0.25) is 0 Å². The molecule has 1 saturated carbocycles. The minimum absolute atomic E-state index is 0.0857. The quantitative estimate of drug-likeness (QED) is 0.307. The topological polar surface area (TPSA) is 26.3 Å². The first-order chi connectivity index (χ1) is 11.3. The van der Waals surface area contributed by atoms with Crippen molar-refractivity contribution in [3.8, 4) is 5.75 Å². The summed E-state index contributed by atoms with van der Waals surface area (Å²) in [6.07, 6.45) is 5.02. The molecule has 0 amide bonds. The normalized spacial score (nSPS) is 24.3. The van der Waals surface area contributed by atoms with Crippen molar-refractivity contribution in [1.82, 2.24) is 0 Å². The molecule has 144 valence electrons. The zero-order valence-corrected chi connectivity index (χ0v) is 14.4. The van der Waals surface area contributed by atoms with Crippen LogP contribution in [0.5, 0.6) is 5.75 Å². The number of ether oxygens (including phenoxy) is 1. The molecule has 0 atom stereocenters. The van der Waals surface area contributed by atoms with Crippen LogP contribution in [0.1, 0.15) is 45.4 Å². The molecule has 0 aliphatic heterocycles. The van der Waals surface area contributed by atoms with Gasteiger partial charge in [-0.25, -0.2) is 4.39 Å². The zero-order chi connectivity index (χ0) is 18.9. The number of rotatable bonds is 5. The third-order valence-electron chi connectivity index (χ3n) is 4.41. The van der Waals surface area contributed by atoms with Crippen molar-refractivity contribution in [3.05, 3.63) is 24.0 Å². The number of halogens is 6. The van der Waals surface area contributed by atoms with Gasteiger partial charge in [0, 0.05) is 6.07 Å². The summed E-state index contributed by atoms with van der Waals surface area (Å²) in [4.78, 5) is 9.43. The molecule has 9 heteroatoms. The summed E-state index contributed by atoms with van der Waals surface area (Å²) in [5.41, 5.74) is 0. The molecule has 1 aromatic carbocycles. The first-order valence-electron chi connectivity index (χ1n) is 8.05. The van der Waals surface area contributed by atoms with Crippen molar-refractivity contribution >= 4 is 16.2 Å². The van der Waals surface area contributed by atoms with Gasteiger partial charge in [0.25, 0.3) is 0 Å². The number of benzene rings is 1. The van der Waals surface area contributed by atoms with E-state index in [2.05, 4.69) is 6.92 Å².